The van der Waals surface area contributed by atoms with Crippen LogP contribution in [0.15, 0.2) is 27.8 Å². The van der Waals surface area contributed by atoms with Gasteiger partial charge in [-0.25, -0.2) is 13.6 Å². The zero-order valence-corrected chi connectivity index (χ0v) is 13.3. The highest BCUT2D eigenvalue weighted by atomic mass is 79.9. The fourth-order valence-electron chi connectivity index (χ4n) is 1.96. The summed E-state index contributed by atoms with van der Waals surface area (Å²) in [5.74, 6) is 0.464. The first-order valence-corrected chi connectivity index (χ1v) is 8.53. The van der Waals surface area contributed by atoms with Crippen LogP contribution in [0, 0.1) is 0 Å². The van der Waals surface area contributed by atoms with Crippen molar-refractivity contribution >= 4 is 37.6 Å². The van der Waals surface area contributed by atoms with Crippen molar-refractivity contribution in [2.24, 2.45) is 5.14 Å². The van der Waals surface area contributed by atoms with Gasteiger partial charge < -0.3 is 0 Å². The van der Waals surface area contributed by atoms with E-state index in [4.69, 9.17) is 16.7 Å². The number of aromatic nitrogens is 3. The molecule has 0 spiro atoms. The van der Waals surface area contributed by atoms with Crippen molar-refractivity contribution in [3.63, 3.8) is 0 Å². The topological polar surface area (TPSA) is 90.9 Å². The van der Waals surface area contributed by atoms with Crippen LogP contribution in [0.2, 0.25) is 5.02 Å². The van der Waals surface area contributed by atoms with Crippen LogP contribution in [0.5, 0.6) is 0 Å². The van der Waals surface area contributed by atoms with Crippen LogP contribution in [0.3, 0.4) is 0 Å². The molecule has 1 saturated carbocycles. The van der Waals surface area contributed by atoms with Gasteiger partial charge in [-0.3, -0.25) is 4.57 Å². The molecule has 106 valence electrons. The molecule has 0 saturated heterocycles. The minimum atomic E-state index is -3.90. The molecule has 3 rings (SSSR count). The van der Waals surface area contributed by atoms with E-state index in [2.05, 4.69) is 26.1 Å². The highest BCUT2D eigenvalue weighted by Crippen LogP contribution is 2.40. The molecule has 1 aromatic heterocycles. The number of primary sulfonamides is 1. The second kappa shape index (κ2) is 4.80. The number of hydrogen-bond donors (Lipinski definition) is 1. The Kier molecular flexibility index (Phi) is 3.36. The molecule has 20 heavy (non-hydrogen) atoms. The van der Waals surface area contributed by atoms with Crippen molar-refractivity contribution < 1.29 is 8.42 Å². The van der Waals surface area contributed by atoms with Crippen LogP contribution < -0.4 is 5.14 Å². The number of hydrogen-bond acceptors (Lipinski definition) is 4. The van der Waals surface area contributed by atoms with Gasteiger partial charge in [-0.2, -0.15) is 0 Å². The van der Waals surface area contributed by atoms with Crippen molar-refractivity contribution in [2.75, 3.05) is 0 Å². The SMILES string of the molecule is NS(=O)(=O)c1nnc(-c2ccc(Br)c(Cl)c2)n1C1CC1. The predicted molar refractivity (Wildman–Crippen MR) is 77.8 cm³/mol. The Morgan fingerprint density at radius 2 is 2.05 bits per heavy atom. The summed E-state index contributed by atoms with van der Waals surface area (Å²) >= 11 is 9.37. The molecule has 0 aliphatic heterocycles. The first kappa shape index (κ1) is 14.0. The fraction of sp³-hybridized carbons (Fsp3) is 0.273. The molecule has 0 atom stereocenters. The highest BCUT2D eigenvalue weighted by molar-refractivity contribution is 9.10. The second-order valence-electron chi connectivity index (χ2n) is 4.58. The summed E-state index contributed by atoms with van der Waals surface area (Å²) < 4.78 is 25.5. The largest absolute Gasteiger partial charge is 0.294 e. The summed E-state index contributed by atoms with van der Waals surface area (Å²) in [5, 5.41) is 13.2. The van der Waals surface area contributed by atoms with Gasteiger partial charge in [-0.15, -0.1) is 10.2 Å². The molecule has 0 unspecified atom stereocenters. The summed E-state index contributed by atoms with van der Waals surface area (Å²) in [4.78, 5) is 0. The first-order valence-electron chi connectivity index (χ1n) is 5.81. The van der Waals surface area contributed by atoms with E-state index in [0.717, 1.165) is 17.3 Å². The van der Waals surface area contributed by atoms with Crippen LogP contribution >= 0.6 is 27.5 Å². The lowest BCUT2D eigenvalue weighted by atomic mass is 10.2. The Hall–Kier alpha value is -0.960. The number of nitrogens with zero attached hydrogens (tertiary/aromatic N) is 3. The average Bonchev–Trinajstić information content (AvgIpc) is 3.10. The monoisotopic (exact) mass is 376 g/mol. The molecule has 6 nitrogen and oxygen atoms in total. The van der Waals surface area contributed by atoms with Gasteiger partial charge in [-0.1, -0.05) is 11.6 Å². The maximum absolute atomic E-state index is 11.6. The normalized spacial score (nSPS) is 15.6. The van der Waals surface area contributed by atoms with Crippen molar-refractivity contribution in [3.05, 3.63) is 27.7 Å². The molecule has 2 aromatic rings. The quantitative estimate of drug-likeness (QED) is 0.889. The predicted octanol–water partition coefficient (Wildman–Crippen LogP) is 2.34. The van der Waals surface area contributed by atoms with Gasteiger partial charge in [0.05, 0.1) is 5.02 Å². The lowest BCUT2D eigenvalue weighted by Gasteiger charge is -2.08. The van der Waals surface area contributed by atoms with Gasteiger partial charge in [0.1, 0.15) is 0 Å². The minimum Gasteiger partial charge on any atom is -0.294 e. The lowest BCUT2D eigenvalue weighted by Crippen LogP contribution is -2.18. The van der Waals surface area contributed by atoms with Crippen LogP contribution in [0.4, 0.5) is 0 Å². The summed E-state index contributed by atoms with van der Waals surface area (Å²) in [6.45, 7) is 0. The third-order valence-corrected chi connectivity index (χ3v) is 5.03. The van der Waals surface area contributed by atoms with Crippen LogP contribution in [0.1, 0.15) is 18.9 Å². The van der Waals surface area contributed by atoms with E-state index in [1.807, 2.05) is 0 Å². The summed E-state index contributed by atoms with van der Waals surface area (Å²) in [5.41, 5.74) is 0.701. The average molecular weight is 378 g/mol. The molecule has 1 heterocycles. The van der Waals surface area contributed by atoms with Gasteiger partial charge >= 0.3 is 0 Å². The Morgan fingerprint density at radius 1 is 1.35 bits per heavy atom. The number of nitrogens with two attached hydrogens (primary N) is 1. The van der Waals surface area contributed by atoms with Crippen LogP contribution in [-0.4, -0.2) is 23.2 Å². The Bertz CT molecular complexity index is 786. The Morgan fingerprint density at radius 3 is 2.60 bits per heavy atom. The molecule has 2 N–H and O–H groups in total. The van der Waals surface area contributed by atoms with Gasteiger partial charge in [0.15, 0.2) is 5.82 Å². The Labute approximate surface area is 129 Å². The summed E-state index contributed by atoms with van der Waals surface area (Å²) in [7, 11) is -3.90. The molecule has 1 aromatic carbocycles. The molecule has 1 fully saturated rings. The van der Waals surface area contributed by atoms with E-state index in [-0.39, 0.29) is 11.2 Å². The first-order chi connectivity index (χ1) is 9.38. The molecule has 9 heteroatoms. The van der Waals surface area contributed by atoms with Gasteiger partial charge in [0.25, 0.3) is 15.2 Å². The molecule has 0 bridgehead atoms. The van der Waals surface area contributed by atoms with Gasteiger partial charge in [-0.05, 0) is 47.0 Å². The van der Waals surface area contributed by atoms with Crippen molar-refractivity contribution in [2.45, 2.75) is 24.0 Å². The third-order valence-electron chi connectivity index (χ3n) is 3.01. The van der Waals surface area contributed by atoms with Crippen molar-refractivity contribution in [1.82, 2.24) is 14.8 Å². The van der Waals surface area contributed by atoms with E-state index < -0.39 is 10.0 Å². The molecule has 0 radical (unpaired) electrons. The Balaban J connectivity index is 2.19. The van der Waals surface area contributed by atoms with Crippen molar-refractivity contribution in [1.29, 1.82) is 0 Å². The molecular formula is C11H10BrClN4O2S. The summed E-state index contributed by atoms with van der Waals surface area (Å²) in [6, 6.07) is 5.36. The number of sulfonamides is 1. The van der Waals surface area contributed by atoms with E-state index in [1.54, 1.807) is 22.8 Å². The number of benzene rings is 1. The number of halogens is 2. The van der Waals surface area contributed by atoms with E-state index in [0.29, 0.717) is 16.4 Å². The van der Waals surface area contributed by atoms with E-state index in [9.17, 15) is 8.42 Å². The zero-order chi connectivity index (χ0) is 14.5. The smallest absolute Gasteiger partial charge is 0.273 e. The second-order valence-corrected chi connectivity index (χ2v) is 7.30. The standard InChI is InChI=1S/C11H10BrClN4O2S/c12-8-4-1-6(5-9(8)13)10-15-16-11(20(14,18)19)17(10)7-2-3-7/h1,4-5,7H,2-3H2,(H2,14,18,19). The summed E-state index contributed by atoms with van der Waals surface area (Å²) in [6.07, 6.45) is 1.77. The molecule has 1 aliphatic rings. The van der Waals surface area contributed by atoms with Crippen LogP contribution in [-0.2, 0) is 10.0 Å². The highest BCUT2D eigenvalue weighted by Gasteiger charge is 2.33. The zero-order valence-electron chi connectivity index (χ0n) is 10.1. The molecule has 0 amide bonds. The number of rotatable bonds is 3. The maximum Gasteiger partial charge on any atom is 0.273 e. The molecule has 1 aliphatic carbocycles. The van der Waals surface area contributed by atoms with Gasteiger partial charge in [0.2, 0.25) is 0 Å². The minimum absolute atomic E-state index is 0.0794. The van der Waals surface area contributed by atoms with E-state index in [1.165, 1.54) is 0 Å². The molecular weight excluding hydrogens is 368 g/mol. The maximum atomic E-state index is 11.6. The van der Waals surface area contributed by atoms with E-state index >= 15 is 0 Å². The van der Waals surface area contributed by atoms with Gasteiger partial charge in [0, 0.05) is 16.1 Å². The lowest BCUT2D eigenvalue weighted by molar-refractivity contribution is 0.567. The van der Waals surface area contributed by atoms with Crippen molar-refractivity contribution in [3.8, 4) is 11.4 Å². The van der Waals surface area contributed by atoms with Crippen LogP contribution in [0.25, 0.3) is 11.4 Å². The fourth-order valence-corrected chi connectivity index (χ4v) is 3.06. The third kappa shape index (κ3) is 2.48.